The number of aliphatic hydroxyl groups is 2. The van der Waals surface area contributed by atoms with Crippen molar-refractivity contribution in [2.45, 2.75) is 26.4 Å². The molecular weight excluding hydrogens is 206 g/mol. The van der Waals surface area contributed by atoms with Crippen LogP contribution in [-0.4, -0.2) is 51.0 Å². The molecule has 0 unspecified atom stereocenters. The highest BCUT2D eigenvalue weighted by Crippen LogP contribution is 2.10. The Labute approximate surface area is 96.3 Å². The van der Waals surface area contributed by atoms with Crippen LogP contribution in [0.25, 0.3) is 0 Å². The largest absolute Gasteiger partial charge is 0.395 e. The van der Waals surface area contributed by atoms with E-state index >= 15 is 0 Å². The minimum Gasteiger partial charge on any atom is -0.395 e. The normalized spacial score (nSPS) is 11.6. The van der Waals surface area contributed by atoms with Crippen molar-refractivity contribution in [3.63, 3.8) is 0 Å². The van der Waals surface area contributed by atoms with E-state index in [2.05, 4.69) is 23.4 Å². The third-order valence-corrected chi connectivity index (χ3v) is 2.50. The first-order valence-corrected chi connectivity index (χ1v) is 5.64. The van der Waals surface area contributed by atoms with E-state index in [0.717, 1.165) is 5.82 Å². The average Bonchev–Trinajstić information content (AvgIpc) is 2.66. The van der Waals surface area contributed by atoms with E-state index in [-0.39, 0.29) is 13.2 Å². The van der Waals surface area contributed by atoms with Crippen LogP contribution in [0.4, 0.5) is 0 Å². The molecule has 5 nitrogen and oxygen atoms in total. The van der Waals surface area contributed by atoms with Crippen LogP contribution < -0.4 is 0 Å². The molecule has 0 fully saturated rings. The maximum absolute atomic E-state index is 8.92. The Morgan fingerprint density at radius 2 is 1.94 bits per heavy atom. The van der Waals surface area contributed by atoms with Crippen molar-refractivity contribution in [1.29, 1.82) is 0 Å². The fourth-order valence-electron chi connectivity index (χ4n) is 1.69. The fourth-order valence-corrected chi connectivity index (χ4v) is 1.69. The van der Waals surface area contributed by atoms with Gasteiger partial charge in [0.15, 0.2) is 0 Å². The molecule has 92 valence electrons. The lowest BCUT2D eigenvalue weighted by Crippen LogP contribution is -2.30. The van der Waals surface area contributed by atoms with Gasteiger partial charge < -0.3 is 14.8 Å². The average molecular weight is 227 g/mol. The molecule has 1 rings (SSSR count). The second kappa shape index (κ2) is 6.62. The van der Waals surface area contributed by atoms with Crippen LogP contribution in [0.15, 0.2) is 12.4 Å². The summed E-state index contributed by atoms with van der Waals surface area (Å²) in [7, 11) is 0. The first-order chi connectivity index (χ1) is 7.69. The Morgan fingerprint density at radius 1 is 1.31 bits per heavy atom. The van der Waals surface area contributed by atoms with Gasteiger partial charge in [-0.2, -0.15) is 0 Å². The van der Waals surface area contributed by atoms with Gasteiger partial charge in [0.1, 0.15) is 5.82 Å². The monoisotopic (exact) mass is 227 g/mol. The van der Waals surface area contributed by atoms with Crippen molar-refractivity contribution < 1.29 is 10.2 Å². The Morgan fingerprint density at radius 3 is 2.44 bits per heavy atom. The maximum atomic E-state index is 8.92. The second-order valence-electron chi connectivity index (χ2n) is 4.07. The van der Waals surface area contributed by atoms with Gasteiger partial charge >= 0.3 is 0 Å². The number of aliphatic hydroxyl groups excluding tert-OH is 2. The van der Waals surface area contributed by atoms with Crippen molar-refractivity contribution in [3.05, 3.63) is 18.2 Å². The number of nitrogens with zero attached hydrogens (tertiary/aromatic N) is 3. The van der Waals surface area contributed by atoms with E-state index < -0.39 is 0 Å². The second-order valence-corrected chi connectivity index (χ2v) is 4.07. The lowest BCUT2D eigenvalue weighted by molar-refractivity contribution is 0.152. The molecule has 1 aromatic heterocycles. The van der Waals surface area contributed by atoms with Crippen molar-refractivity contribution in [2.75, 3.05) is 26.3 Å². The van der Waals surface area contributed by atoms with Gasteiger partial charge in [-0.25, -0.2) is 4.98 Å². The van der Waals surface area contributed by atoms with Crippen LogP contribution in [0.2, 0.25) is 0 Å². The molecule has 0 aliphatic rings. The van der Waals surface area contributed by atoms with Gasteiger partial charge in [-0.3, -0.25) is 4.90 Å². The number of hydrogen-bond donors (Lipinski definition) is 2. The van der Waals surface area contributed by atoms with Crippen molar-refractivity contribution in [2.24, 2.45) is 0 Å². The van der Waals surface area contributed by atoms with E-state index in [1.165, 1.54) is 0 Å². The molecule has 16 heavy (non-hydrogen) atoms. The molecule has 1 aromatic rings. The topological polar surface area (TPSA) is 61.5 Å². The third kappa shape index (κ3) is 3.59. The van der Waals surface area contributed by atoms with E-state index in [1.807, 2.05) is 11.1 Å². The van der Waals surface area contributed by atoms with E-state index in [9.17, 15) is 0 Å². The van der Waals surface area contributed by atoms with Crippen LogP contribution >= 0.6 is 0 Å². The molecule has 0 atom stereocenters. The van der Waals surface area contributed by atoms with Crippen LogP contribution in [0.1, 0.15) is 25.7 Å². The summed E-state index contributed by atoms with van der Waals surface area (Å²) in [6.07, 6.45) is 3.74. The highest BCUT2D eigenvalue weighted by molar-refractivity contribution is 4.94. The number of imidazole rings is 1. The third-order valence-electron chi connectivity index (χ3n) is 2.50. The van der Waals surface area contributed by atoms with E-state index in [1.54, 1.807) is 6.20 Å². The standard InChI is InChI=1S/C11H21N3O2/c1-10(2)14-4-3-12-11(14)9-13(5-7-15)6-8-16/h3-4,10,15-16H,5-9H2,1-2H3. The number of hydrogen-bond acceptors (Lipinski definition) is 4. The fraction of sp³-hybridized carbons (Fsp3) is 0.727. The van der Waals surface area contributed by atoms with Gasteiger partial charge in [-0.05, 0) is 13.8 Å². The molecule has 0 aromatic carbocycles. The summed E-state index contributed by atoms with van der Waals surface area (Å²) < 4.78 is 2.10. The summed E-state index contributed by atoms with van der Waals surface area (Å²) in [5.74, 6) is 0.969. The smallest absolute Gasteiger partial charge is 0.123 e. The van der Waals surface area contributed by atoms with Gasteiger partial charge in [0.2, 0.25) is 0 Å². The Bertz CT molecular complexity index is 293. The summed E-state index contributed by atoms with van der Waals surface area (Å²) in [6.45, 7) is 6.19. The Balaban J connectivity index is 2.64. The van der Waals surface area contributed by atoms with Crippen molar-refractivity contribution in [3.8, 4) is 0 Å². The molecule has 0 bridgehead atoms. The quantitative estimate of drug-likeness (QED) is 0.701. The van der Waals surface area contributed by atoms with Gasteiger partial charge in [0.25, 0.3) is 0 Å². The highest BCUT2D eigenvalue weighted by Gasteiger charge is 2.10. The Kier molecular flexibility index (Phi) is 5.45. The maximum Gasteiger partial charge on any atom is 0.123 e. The zero-order valence-electron chi connectivity index (χ0n) is 10.0. The summed E-state index contributed by atoms with van der Waals surface area (Å²) in [5.41, 5.74) is 0. The zero-order valence-corrected chi connectivity index (χ0v) is 10.0. The van der Waals surface area contributed by atoms with Crippen molar-refractivity contribution >= 4 is 0 Å². The lowest BCUT2D eigenvalue weighted by Gasteiger charge is -2.21. The van der Waals surface area contributed by atoms with E-state index in [4.69, 9.17) is 10.2 Å². The lowest BCUT2D eigenvalue weighted by atomic mass is 10.3. The molecule has 0 spiro atoms. The molecule has 0 saturated heterocycles. The van der Waals surface area contributed by atoms with Crippen LogP contribution in [0.5, 0.6) is 0 Å². The van der Waals surface area contributed by atoms with Gasteiger partial charge in [-0.1, -0.05) is 0 Å². The molecule has 0 saturated carbocycles. The first kappa shape index (κ1) is 13.2. The van der Waals surface area contributed by atoms with Gasteiger partial charge in [0, 0.05) is 31.5 Å². The molecule has 0 aliphatic heterocycles. The molecule has 1 heterocycles. The zero-order chi connectivity index (χ0) is 12.0. The summed E-state index contributed by atoms with van der Waals surface area (Å²) in [5, 5.41) is 17.8. The number of aromatic nitrogens is 2. The SMILES string of the molecule is CC(C)n1ccnc1CN(CCO)CCO. The predicted molar refractivity (Wildman–Crippen MR) is 62.1 cm³/mol. The first-order valence-electron chi connectivity index (χ1n) is 5.64. The highest BCUT2D eigenvalue weighted by atomic mass is 16.3. The summed E-state index contributed by atoms with van der Waals surface area (Å²) in [4.78, 5) is 6.29. The van der Waals surface area contributed by atoms with Crippen LogP contribution in [0.3, 0.4) is 0 Å². The number of rotatable bonds is 7. The van der Waals surface area contributed by atoms with Gasteiger partial charge in [0.05, 0.1) is 19.8 Å². The van der Waals surface area contributed by atoms with Gasteiger partial charge in [-0.15, -0.1) is 0 Å². The summed E-state index contributed by atoms with van der Waals surface area (Å²) >= 11 is 0. The minimum atomic E-state index is 0.0996. The molecular formula is C11H21N3O2. The predicted octanol–water partition coefficient (Wildman–Crippen LogP) is 0.251. The molecule has 0 aliphatic carbocycles. The Hall–Kier alpha value is -0.910. The summed E-state index contributed by atoms with van der Waals surface area (Å²) in [6, 6.07) is 0.377. The van der Waals surface area contributed by atoms with Crippen molar-refractivity contribution in [1.82, 2.24) is 14.5 Å². The molecule has 2 N–H and O–H groups in total. The minimum absolute atomic E-state index is 0.0996. The molecule has 0 radical (unpaired) electrons. The van der Waals surface area contributed by atoms with E-state index in [0.29, 0.717) is 25.7 Å². The van der Waals surface area contributed by atoms with Crippen LogP contribution in [0, 0.1) is 0 Å². The molecule has 0 amide bonds. The van der Waals surface area contributed by atoms with Crippen LogP contribution in [-0.2, 0) is 6.54 Å². The molecule has 5 heteroatoms.